The van der Waals surface area contributed by atoms with Crippen LogP contribution in [0.2, 0.25) is 0 Å². The van der Waals surface area contributed by atoms with Gasteiger partial charge in [-0.3, -0.25) is 9.89 Å². The number of benzene rings is 2. The van der Waals surface area contributed by atoms with E-state index in [1.807, 2.05) is 42.6 Å². The number of alkyl halides is 1. The van der Waals surface area contributed by atoms with Crippen molar-refractivity contribution in [3.63, 3.8) is 0 Å². The number of nitrogens with zero attached hydrogens (tertiary/aromatic N) is 2. The van der Waals surface area contributed by atoms with Crippen molar-refractivity contribution in [1.82, 2.24) is 15.2 Å². The average Bonchev–Trinajstić information content (AvgIpc) is 3.07. The van der Waals surface area contributed by atoms with Gasteiger partial charge in [-0.05, 0) is 41.3 Å². The van der Waals surface area contributed by atoms with Gasteiger partial charge >= 0.3 is 0 Å². The third kappa shape index (κ3) is 2.71. The molecule has 5 nitrogen and oxygen atoms in total. The molecule has 1 fully saturated rings. The van der Waals surface area contributed by atoms with E-state index in [0.29, 0.717) is 11.6 Å². The summed E-state index contributed by atoms with van der Waals surface area (Å²) in [4.78, 5) is 16.4. The fraction of sp³-hybridized carbons (Fsp3) is 0.150. The number of carbonyl (C=O) groups excluding carboxylic acids is 1. The Morgan fingerprint density at radius 3 is 3.00 bits per heavy atom. The Morgan fingerprint density at radius 2 is 2.22 bits per heavy atom. The molecule has 2 N–H and O–H groups in total. The average molecular weight is 378 g/mol. The molecule has 134 valence electrons. The van der Waals surface area contributed by atoms with Gasteiger partial charge in [0, 0.05) is 5.39 Å². The van der Waals surface area contributed by atoms with Gasteiger partial charge in [-0.15, -0.1) is 0 Å². The summed E-state index contributed by atoms with van der Waals surface area (Å²) in [6.45, 7) is 3.92. The third-order valence-corrected chi connectivity index (χ3v) is 5.77. The van der Waals surface area contributed by atoms with Crippen molar-refractivity contribution in [2.45, 2.75) is 12.6 Å². The monoisotopic (exact) mass is 378 g/mol. The summed E-state index contributed by atoms with van der Waals surface area (Å²) in [5.74, 6) is -0.819. The molecular weight excluding hydrogens is 363 g/mol. The molecule has 1 amide bonds. The lowest BCUT2D eigenvalue weighted by Gasteiger charge is -2.08. The van der Waals surface area contributed by atoms with E-state index in [9.17, 15) is 9.18 Å². The second-order valence-electron chi connectivity index (χ2n) is 6.61. The van der Waals surface area contributed by atoms with Crippen molar-refractivity contribution in [3.05, 3.63) is 48.7 Å². The smallest absolute Gasteiger partial charge is 0.232 e. The largest absolute Gasteiger partial charge is 0.302 e. The highest BCUT2D eigenvalue weighted by Gasteiger charge is 2.43. The number of hydrogen-bond donors (Lipinski definition) is 2. The second-order valence-corrected chi connectivity index (χ2v) is 7.64. The minimum absolute atomic E-state index is 0.293. The zero-order chi connectivity index (χ0) is 18.5. The highest BCUT2D eigenvalue weighted by atomic mass is 32.1. The van der Waals surface area contributed by atoms with Gasteiger partial charge in [0.2, 0.25) is 5.91 Å². The number of aromatic amines is 1. The fourth-order valence-electron chi connectivity index (χ4n) is 3.29. The van der Waals surface area contributed by atoms with Gasteiger partial charge in [-0.25, -0.2) is 9.37 Å². The molecule has 4 aromatic rings. The molecule has 2 aromatic carbocycles. The van der Waals surface area contributed by atoms with E-state index in [2.05, 4.69) is 27.1 Å². The van der Waals surface area contributed by atoms with Crippen LogP contribution in [0.25, 0.3) is 38.3 Å². The van der Waals surface area contributed by atoms with Crippen molar-refractivity contribution >= 4 is 49.6 Å². The molecule has 0 bridgehead atoms. The van der Waals surface area contributed by atoms with Crippen molar-refractivity contribution in [2.75, 3.05) is 5.32 Å². The summed E-state index contributed by atoms with van der Waals surface area (Å²) in [6.07, 6.45) is 2.93. The predicted octanol–water partition coefficient (Wildman–Crippen LogP) is 4.78. The van der Waals surface area contributed by atoms with Gasteiger partial charge in [0.1, 0.15) is 6.17 Å². The SMILES string of the molecule is C=Cc1ccc2[nH]ncc2c1-c1ccc2nc(NC(=O)C3C[C@@H]3F)sc2c1. The number of H-pyrrole nitrogens is 1. The zero-order valence-electron chi connectivity index (χ0n) is 14.2. The van der Waals surface area contributed by atoms with Crippen LogP contribution in [0.3, 0.4) is 0 Å². The van der Waals surface area contributed by atoms with Crippen LogP contribution < -0.4 is 5.32 Å². The Hall–Kier alpha value is -3.06. The fourth-order valence-corrected chi connectivity index (χ4v) is 4.20. The summed E-state index contributed by atoms with van der Waals surface area (Å²) in [5.41, 5.74) is 4.85. The van der Waals surface area contributed by atoms with E-state index >= 15 is 0 Å². The second kappa shape index (κ2) is 5.99. The third-order valence-electron chi connectivity index (χ3n) is 4.83. The number of aromatic nitrogens is 3. The highest BCUT2D eigenvalue weighted by molar-refractivity contribution is 7.22. The number of thiazole rings is 1. The van der Waals surface area contributed by atoms with Gasteiger partial charge < -0.3 is 5.32 Å². The summed E-state index contributed by atoms with van der Waals surface area (Å²) in [6, 6.07) is 9.97. The molecule has 0 spiro atoms. The topological polar surface area (TPSA) is 70.7 Å². The maximum absolute atomic E-state index is 13.1. The molecule has 2 aromatic heterocycles. The van der Waals surface area contributed by atoms with E-state index in [0.717, 1.165) is 37.8 Å². The molecule has 2 heterocycles. The number of carbonyl (C=O) groups is 1. The Morgan fingerprint density at radius 1 is 1.37 bits per heavy atom. The van der Waals surface area contributed by atoms with Gasteiger partial charge in [-0.1, -0.05) is 36.1 Å². The minimum Gasteiger partial charge on any atom is -0.302 e. The molecule has 0 radical (unpaired) electrons. The molecular formula is C20H15FN4OS. The number of anilines is 1. The van der Waals surface area contributed by atoms with Crippen molar-refractivity contribution in [1.29, 1.82) is 0 Å². The van der Waals surface area contributed by atoms with Crippen molar-refractivity contribution in [3.8, 4) is 11.1 Å². The summed E-state index contributed by atoms with van der Waals surface area (Å²) < 4.78 is 14.0. The first-order valence-electron chi connectivity index (χ1n) is 8.58. The quantitative estimate of drug-likeness (QED) is 0.537. The molecule has 1 aliphatic carbocycles. The first-order chi connectivity index (χ1) is 13.1. The van der Waals surface area contributed by atoms with Gasteiger partial charge in [0.05, 0.1) is 27.8 Å². The van der Waals surface area contributed by atoms with Crippen LogP contribution in [0, 0.1) is 5.92 Å². The number of hydrogen-bond acceptors (Lipinski definition) is 4. The van der Waals surface area contributed by atoms with Crippen molar-refractivity contribution < 1.29 is 9.18 Å². The lowest BCUT2D eigenvalue weighted by molar-refractivity contribution is -0.117. The van der Waals surface area contributed by atoms with Crippen LogP contribution in [-0.4, -0.2) is 27.3 Å². The summed E-state index contributed by atoms with van der Waals surface area (Å²) in [7, 11) is 0. The summed E-state index contributed by atoms with van der Waals surface area (Å²) in [5, 5.41) is 11.4. The van der Waals surface area contributed by atoms with Crippen LogP contribution in [-0.2, 0) is 4.79 Å². The molecule has 1 saturated carbocycles. The van der Waals surface area contributed by atoms with E-state index < -0.39 is 12.1 Å². The lowest BCUT2D eigenvalue weighted by atomic mass is 9.96. The van der Waals surface area contributed by atoms with Crippen LogP contribution in [0.1, 0.15) is 12.0 Å². The normalized spacial score (nSPS) is 18.7. The molecule has 0 saturated heterocycles. The number of nitrogens with one attached hydrogen (secondary N) is 2. The molecule has 0 aliphatic heterocycles. The Balaban J connectivity index is 1.56. The van der Waals surface area contributed by atoms with Crippen LogP contribution >= 0.6 is 11.3 Å². The first-order valence-corrected chi connectivity index (χ1v) is 9.40. The molecule has 1 unspecified atom stereocenters. The highest BCUT2D eigenvalue weighted by Crippen LogP contribution is 2.38. The molecule has 5 rings (SSSR count). The first kappa shape index (κ1) is 16.1. The Labute approximate surface area is 157 Å². The van der Waals surface area contributed by atoms with Gasteiger partial charge in [-0.2, -0.15) is 5.10 Å². The predicted molar refractivity (Wildman–Crippen MR) is 106 cm³/mol. The maximum atomic E-state index is 13.1. The Bertz CT molecular complexity index is 1210. The van der Waals surface area contributed by atoms with Gasteiger partial charge in [0.25, 0.3) is 0 Å². The molecule has 27 heavy (non-hydrogen) atoms. The van der Waals surface area contributed by atoms with Crippen LogP contribution in [0.15, 0.2) is 43.1 Å². The zero-order valence-corrected chi connectivity index (χ0v) is 15.0. The van der Waals surface area contributed by atoms with Crippen LogP contribution in [0.4, 0.5) is 9.52 Å². The lowest BCUT2D eigenvalue weighted by Crippen LogP contribution is -2.14. The Kier molecular flexibility index (Phi) is 3.58. The summed E-state index contributed by atoms with van der Waals surface area (Å²) >= 11 is 1.39. The minimum atomic E-state index is -1.02. The van der Waals surface area contributed by atoms with Crippen molar-refractivity contribution in [2.24, 2.45) is 5.92 Å². The number of halogens is 1. The van der Waals surface area contributed by atoms with E-state index in [1.165, 1.54) is 11.3 Å². The van der Waals surface area contributed by atoms with Gasteiger partial charge in [0.15, 0.2) is 5.13 Å². The standard InChI is InChI=1S/C20H15FN4OS/c1-2-10-3-5-15-13(9-22-25-15)18(10)11-4-6-16-17(7-11)27-20(23-16)24-19(26)12-8-14(12)21/h2-7,9,12,14H,1,8H2,(H,22,25)(H,23,24,26)/t12?,14-/m0/s1. The van der Waals surface area contributed by atoms with E-state index in [1.54, 1.807) is 0 Å². The number of rotatable bonds is 4. The number of amides is 1. The molecule has 1 aliphatic rings. The molecule has 7 heteroatoms. The maximum Gasteiger partial charge on any atom is 0.232 e. The van der Waals surface area contributed by atoms with E-state index in [4.69, 9.17) is 0 Å². The van der Waals surface area contributed by atoms with Crippen LogP contribution in [0.5, 0.6) is 0 Å². The molecule has 2 atom stereocenters. The number of fused-ring (bicyclic) bond motifs is 2. The van der Waals surface area contributed by atoms with E-state index in [-0.39, 0.29) is 5.91 Å².